The lowest BCUT2D eigenvalue weighted by Crippen LogP contribution is -2.38. The van der Waals surface area contributed by atoms with Gasteiger partial charge in [0.15, 0.2) is 5.78 Å². The van der Waals surface area contributed by atoms with Crippen molar-refractivity contribution >= 4 is 22.6 Å². The summed E-state index contributed by atoms with van der Waals surface area (Å²) in [6, 6.07) is 30.9. The fraction of sp³-hybridized carbons (Fsp3) is 0.179. The Kier molecular flexibility index (Phi) is 7.56. The van der Waals surface area contributed by atoms with Crippen molar-refractivity contribution in [3.05, 3.63) is 114 Å². The zero-order valence-electron chi connectivity index (χ0n) is 18.4. The van der Waals surface area contributed by atoms with E-state index in [-0.39, 0.29) is 24.3 Å². The van der Waals surface area contributed by atoms with Crippen LogP contribution in [-0.2, 0) is 6.42 Å². The third-order valence-electron chi connectivity index (χ3n) is 5.58. The van der Waals surface area contributed by atoms with E-state index in [2.05, 4.69) is 27.8 Å². The average Bonchev–Trinajstić information content (AvgIpc) is 2.87. The lowest BCUT2D eigenvalue weighted by atomic mass is 10.0. The molecule has 1 amide bonds. The number of ketones is 1. The van der Waals surface area contributed by atoms with Crippen molar-refractivity contribution in [3.8, 4) is 0 Å². The molecule has 0 aliphatic heterocycles. The Hall–Kier alpha value is -3.83. The van der Waals surface area contributed by atoms with Gasteiger partial charge < -0.3 is 10.6 Å². The zero-order chi connectivity index (χ0) is 22.9. The van der Waals surface area contributed by atoms with Gasteiger partial charge in [0.05, 0.1) is 12.1 Å². The van der Waals surface area contributed by atoms with Crippen LogP contribution in [0.2, 0.25) is 0 Å². The molecular formula is C28H27N3O2. The predicted octanol–water partition coefficient (Wildman–Crippen LogP) is 4.44. The van der Waals surface area contributed by atoms with Crippen LogP contribution in [0.25, 0.3) is 10.9 Å². The summed E-state index contributed by atoms with van der Waals surface area (Å²) in [6.07, 6.45) is 1.46. The van der Waals surface area contributed by atoms with Crippen LogP contribution in [0.15, 0.2) is 97.1 Å². The van der Waals surface area contributed by atoms with Crippen LogP contribution < -0.4 is 10.6 Å². The molecule has 0 bridgehead atoms. The quantitative estimate of drug-likeness (QED) is 0.360. The molecule has 0 saturated heterocycles. The number of Topliss-reactive ketones (excluding diaryl/α,β-unsaturated/α-hetero) is 1. The molecule has 1 heterocycles. The van der Waals surface area contributed by atoms with Gasteiger partial charge in [-0.3, -0.25) is 9.59 Å². The molecule has 3 aromatic carbocycles. The molecule has 0 radical (unpaired) electrons. The molecule has 0 fully saturated rings. The van der Waals surface area contributed by atoms with Gasteiger partial charge in [-0.2, -0.15) is 0 Å². The maximum Gasteiger partial charge on any atom is 0.269 e. The molecule has 1 aromatic heterocycles. The van der Waals surface area contributed by atoms with Crippen LogP contribution >= 0.6 is 0 Å². The molecule has 1 unspecified atom stereocenters. The van der Waals surface area contributed by atoms with Crippen LogP contribution in [0.3, 0.4) is 0 Å². The molecule has 4 aromatic rings. The van der Waals surface area contributed by atoms with E-state index in [1.165, 1.54) is 5.56 Å². The fourth-order valence-electron chi connectivity index (χ4n) is 3.78. The first-order valence-electron chi connectivity index (χ1n) is 11.2. The zero-order valence-corrected chi connectivity index (χ0v) is 18.4. The number of amides is 1. The smallest absolute Gasteiger partial charge is 0.269 e. The molecular weight excluding hydrogens is 410 g/mol. The minimum atomic E-state index is -0.195. The number of carbonyl (C=O) groups is 2. The lowest BCUT2D eigenvalue weighted by Gasteiger charge is -2.19. The van der Waals surface area contributed by atoms with Crippen LogP contribution in [-0.4, -0.2) is 35.8 Å². The Morgan fingerprint density at radius 2 is 1.48 bits per heavy atom. The summed E-state index contributed by atoms with van der Waals surface area (Å²) in [4.78, 5) is 29.6. The van der Waals surface area contributed by atoms with E-state index in [1.807, 2.05) is 78.9 Å². The molecule has 5 nitrogen and oxygen atoms in total. The van der Waals surface area contributed by atoms with Gasteiger partial charge in [-0.05, 0) is 30.5 Å². The monoisotopic (exact) mass is 437 g/mol. The first-order chi connectivity index (χ1) is 16.2. The lowest BCUT2D eigenvalue weighted by molar-refractivity contribution is 0.0942. The van der Waals surface area contributed by atoms with E-state index >= 15 is 0 Å². The highest BCUT2D eigenvalue weighted by atomic mass is 16.2. The molecule has 2 N–H and O–H groups in total. The summed E-state index contributed by atoms with van der Waals surface area (Å²) in [7, 11) is 0. The van der Waals surface area contributed by atoms with E-state index in [0.717, 1.165) is 17.3 Å². The number of carbonyl (C=O) groups excluding carboxylic acids is 2. The van der Waals surface area contributed by atoms with Gasteiger partial charge in [0, 0.05) is 23.5 Å². The van der Waals surface area contributed by atoms with Crippen LogP contribution in [0, 0.1) is 0 Å². The second-order valence-electron chi connectivity index (χ2n) is 7.99. The molecule has 4 rings (SSSR count). The van der Waals surface area contributed by atoms with Gasteiger partial charge in [0.2, 0.25) is 0 Å². The minimum Gasteiger partial charge on any atom is -0.351 e. The summed E-state index contributed by atoms with van der Waals surface area (Å²) in [5.41, 5.74) is 3.08. The summed E-state index contributed by atoms with van der Waals surface area (Å²) >= 11 is 0. The Bertz CT molecular complexity index is 1210. The predicted molar refractivity (Wildman–Crippen MR) is 131 cm³/mol. The van der Waals surface area contributed by atoms with Gasteiger partial charge >= 0.3 is 0 Å². The van der Waals surface area contributed by atoms with Crippen LogP contribution in [0.5, 0.6) is 0 Å². The topological polar surface area (TPSA) is 71.1 Å². The number of nitrogens with one attached hydrogen (secondary N) is 2. The van der Waals surface area contributed by atoms with Gasteiger partial charge in [-0.1, -0.05) is 84.9 Å². The number of pyridine rings is 1. The molecule has 0 spiro atoms. The van der Waals surface area contributed by atoms with E-state index in [1.54, 1.807) is 6.07 Å². The molecule has 33 heavy (non-hydrogen) atoms. The number of benzene rings is 3. The third kappa shape index (κ3) is 6.34. The first-order valence-corrected chi connectivity index (χ1v) is 11.2. The Labute approximate surface area is 193 Å². The Morgan fingerprint density at radius 3 is 2.27 bits per heavy atom. The summed E-state index contributed by atoms with van der Waals surface area (Å²) in [5, 5.41) is 7.36. The standard InChI is InChI=1S/C28H27N3O2/c32-27(23-12-5-2-6-13-23)20-30-24(19-21-9-3-1-4-10-21)17-18-29-28(33)26-16-15-22-11-7-8-14-25(22)31-26/h1-16,24,30H,17-20H2,(H,29,33). The summed E-state index contributed by atoms with van der Waals surface area (Å²) in [5.74, 6) is -0.141. The van der Waals surface area contributed by atoms with Crippen molar-refractivity contribution in [2.75, 3.05) is 13.1 Å². The van der Waals surface area contributed by atoms with Crippen molar-refractivity contribution in [2.24, 2.45) is 0 Å². The van der Waals surface area contributed by atoms with Crippen molar-refractivity contribution < 1.29 is 9.59 Å². The molecule has 0 aliphatic carbocycles. The number of para-hydroxylation sites is 1. The number of rotatable bonds is 10. The molecule has 0 aliphatic rings. The average molecular weight is 438 g/mol. The van der Waals surface area contributed by atoms with Gasteiger partial charge in [0.1, 0.15) is 5.69 Å². The molecule has 1 atom stereocenters. The number of aromatic nitrogens is 1. The number of nitrogens with zero attached hydrogens (tertiary/aromatic N) is 1. The minimum absolute atomic E-state index is 0.0462. The maximum atomic E-state index is 12.6. The normalized spacial score (nSPS) is 11.8. The van der Waals surface area contributed by atoms with Gasteiger partial charge in [-0.15, -0.1) is 0 Å². The maximum absolute atomic E-state index is 12.6. The van der Waals surface area contributed by atoms with E-state index in [0.29, 0.717) is 24.2 Å². The summed E-state index contributed by atoms with van der Waals surface area (Å²) in [6.45, 7) is 0.735. The third-order valence-corrected chi connectivity index (χ3v) is 5.58. The first kappa shape index (κ1) is 22.4. The van der Waals surface area contributed by atoms with Gasteiger partial charge in [-0.25, -0.2) is 4.98 Å². The number of fused-ring (bicyclic) bond motifs is 1. The molecule has 0 saturated carbocycles. The largest absolute Gasteiger partial charge is 0.351 e. The highest BCUT2D eigenvalue weighted by Gasteiger charge is 2.14. The summed E-state index contributed by atoms with van der Waals surface area (Å²) < 4.78 is 0. The van der Waals surface area contributed by atoms with E-state index in [9.17, 15) is 9.59 Å². The molecule has 166 valence electrons. The van der Waals surface area contributed by atoms with Gasteiger partial charge in [0.25, 0.3) is 5.91 Å². The van der Waals surface area contributed by atoms with E-state index in [4.69, 9.17) is 0 Å². The van der Waals surface area contributed by atoms with Crippen molar-refractivity contribution in [2.45, 2.75) is 18.9 Å². The highest BCUT2D eigenvalue weighted by Crippen LogP contribution is 2.12. The van der Waals surface area contributed by atoms with Crippen LogP contribution in [0.4, 0.5) is 0 Å². The van der Waals surface area contributed by atoms with E-state index < -0.39 is 0 Å². The number of hydrogen-bond donors (Lipinski definition) is 2. The fourth-order valence-corrected chi connectivity index (χ4v) is 3.78. The highest BCUT2D eigenvalue weighted by molar-refractivity contribution is 5.97. The SMILES string of the molecule is O=C(CNC(CCNC(=O)c1ccc2ccccc2n1)Cc1ccccc1)c1ccccc1. The van der Waals surface area contributed by atoms with Crippen LogP contribution in [0.1, 0.15) is 32.8 Å². The Morgan fingerprint density at radius 1 is 0.788 bits per heavy atom. The molecule has 5 heteroatoms. The van der Waals surface area contributed by atoms with Crippen molar-refractivity contribution in [3.63, 3.8) is 0 Å². The Balaban J connectivity index is 1.35. The second-order valence-corrected chi connectivity index (χ2v) is 7.99. The van der Waals surface area contributed by atoms with Crippen molar-refractivity contribution in [1.82, 2.24) is 15.6 Å². The number of hydrogen-bond acceptors (Lipinski definition) is 4. The second kappa shape index (κ2) is 11.2. The van der Waals surface area contributed by atoms with Crippen molar-refractivity contribution in [1.29, 1.82) is 0 Å².